The Labute approximate surface area is 144 Å². The fourth-order valence-electron chi connectivity index (χ4n) is 3.47. The third kappa shape index (κ3) is 2.91. The minimum atomic E-state index is 0.326. The van der Waals surface area contributed by atoms with Crippen molar-refractivity contribution in [3.05, 3.63) is 59.2 Å². The van der Waals surface area contributed by atoms with Gasteiger partial charge in [-0.25, -0.2) is 4.58 Å². The maximum atomic E-state index is 10.3. The number of nitrogens with one attached hydrogen (secondary N) is 1. The topological polar surface area (TPSA) is 35.3 Å². The maximum absolute atomic E-state index is 10.3. The van der Waals surface area contributed by atoms with E-state index in [1.165, 1.54) is 16.7 Å². The molecular formula is C21H27N2O+. The molecule has 1 aliphatic rings. The van der Waals surface area contributed by atoms with Crippen molar-refractivity contribution in [2.45, 2.75) is 39.5 Å². The second-order valence-corrected chi connectivity index (χ2v) is 7.04. The highest BCUT2D eigenvalue weighted by atomic mass is 16.3. The summed E-state index contributed by atoms with van der Waals surface area (Å²) in [6.07, 6.45) is 0. The molecule has 0 aromatic heterocycles. The number of phenolic OH excluding ortho intramolecular Hbond substituents is 1. The molecule has 2 aromatic carbocycles. The van der Waals surface area contributed by atoms with Crippen LogP contribution < -0.4 is 5.32 Å². The lowest BCUT2D eigenvalue weighted by Crippen LogP contribution is -2.26. The Morgan fingerprint density at radius 3 is 2.12 bits per heavy atom. The van der Waals surface area contributed by atoms with Crippen LogP contribution in [0.3, 0.4) is 0 Å². The molecule has 1 heterocycles. The number of phenols is 1. The van der Waals surface area contributed by atoms with Crippen LogP contribution in [0.5, 0.6) is 5.75 Å². The average molecular weight is 323 g/mol. The van der Waals surface area contributed by atoms with E-state index in [4.69, 9.17) is 0 Å². The minimum absolute atomic E-state index is 0.326. The second kappa shape index (κ2) is 6.68. The largest absolute Gasteiger partial charge is 0.504 e. The molecular weight excluding hydrogens is 296 g/mol. The monoisotopic (exact) mass is 323 g/mol. The van der Waals surface area contributed by atoms with E-state index in [0.29, 0.717) is 17.6 Å². The highest BCUT2D eigenvalue weighted by Gasteiger charge is 2.30. The molecule has 0 atom stereocenters. The molecule has 3 heteroatoms. The third-order valence-electron chi connectivity index (χ3n) is 4.68. The van der Waals surface area contributed by atoms with E-state index in [9.17, 15) is 5.11 Å². The van der Waals surface area contributed by atoms with Crippen LogP contribution in [0.1, 0.15) is 56.2 Å². The first-order chi connectivity index (χ1) is 11.5. The minimum Gasteiger partial charge on any atom is -0.504 e. The van der Waals surface area contributed by atoms with Crippen molar-refractivity contribution in [1.82, 2.24) is 5.32 Å². The first-order valence-electron chi connectivity index (χ1n) is 8.80. The standard InChI is InChI=1S/C21H26N2O/c1-14(2)16-8-7-9-17(15(3)4)20(16)21-22-12-13-23(21)18-10-5-6-11-19(18)24/h5-11,14-15,24H,12-13H2,1-4H3/p+1. The molecule has 0 amide bonds. The Balaban J connectivity index is 2.27. The van der Waals surface area contributed by atoms with Crippen LogP contribution in [0.4, 0.5) is 5.69 Å². The van der Waals surface area contributed by atoms with Gasteiger partial charge in [0, 0.05) is 0 Å². The Hall–Kier alpha value is -2.29. The summed E-state index contributed by atoms with van der Waals surface area (Å²) in [6.45, 7) is 10.7. The Morgan fingerprint density at radius 2 is 1.54 bits per heavy atom. The molecule has 1 aliphatic heterocycles. The Bertz CT molecular complexity index is 749. The van der Waals surface area contributed by atoms with Crippen LogP contribution in [-0.4, -0.2) is 28.6 Å². The normalized spacial score (nSPS) is 14.6. The van der Waals surface area contributed by atoms with Gasteiger partial charge in [0.05, 0.1) is 5.56 Å². The van der Waals surface area contributed by atoms with Crippen molar-refractivity contribution >= 4 is 11.5 Å². The molecule has 3 nitrogen and oxygen atoms in total. The van der Waals surface area contributed by atoms with Crippen molar-refractivity contribution in [3.8, 4) is 5.75 Å². The lowest BCUT2D eigenvalue weighted by Gasteiger charge is -2.18. The summed E-state index contributed by atoms with van der Waals surface area (Å²) >= 11 is 0. The molecule has 2 N–H and O–H groups in total. The number of aromatic hydroxyl groups is 1. The van der Waals surface area contributed by atoms with Crippen LogP contribution in [-0.2, 0) is 0 Å². The van der Waals surface area contributed by atoms with Gasteiger partial charge in [0.15, 0.2) is 11.4 Å². The quantitative estimate of drug-likeness (QED) is 0.821. The number of para-hydroxylation sites is 2. The van der Waals surface area contributed by atoms with E-state index in [-0.39, 0.29) is 0 Å². The van der Waals surface area contributed by atoms with Crippen LogP contribution >= 0.6 is 0 Å². The van der Waals surface area contributed by atoms with Crippen molar-refractivity contribution in [1.29, 1.82) is 0 Å². The summed E-state index contributed by atoms with van der Waals surface area (Å²) in [7, 11) is 0. The first-order valence-corrected chi connectivity index (χ1v) is 8.80. The molecule has 0 bridgehead atoms. The average Bonchev–Trinajstić information content (AvgIpc) is 3.03. The molecule has 0 saturated carbocycles. The molecule has 0 unspecified atom stereocenters. The van der Waals surface area contributed by atoms with Gasteiger partial charge in [-0.15, -0.1) is 0 Å². The van der Waals surface area contributed by atoms with Crippen molar-refractivity contribution < 1.29 is 9.68 Å². The summed E-state index contributed by atoms with van der Waals surface area (Å²) in [6, 6.07) is 14.2. The van der Waals surface area contributed by atoms with Gasteiger partial charge in [-0.1, -0.05) is 58.0 Å². The lowest BCUT2D eigenvalue weighted by atomic mass is 9.88. The summed E-state index contributed by atoms with van der Waals surface area (Å²) in [5.41, 5.74) is 4.87. The summed E-state index contributed by atoms with van der Waals surface area (Å²) < 4.78 is 2.21. The van der Waals surface area contributed by atoms with Gasteiger partial charge in [-0.05, 0) is 35.1 Å². The number of nitrogens with zero attached hydrogens (tertiary/aromatic N) is 1. The molecule has 0 fully saturated rings. The van der Waals surface area contributed by atoms with Crippen molar-refractivity contribution in [2.75, 3.05) is 13.1 Å². The molecule has 3 rings (SSSR count). The van der Waals surface area contributed by atoms with Crippen LogP contribution in [0.25, 0.3) is 0 Å². The van der Waals surface area contributed by atoms with E-state index in [1.807, 2.05) is 18.2 Å². The third-order valence-corrected chi connectivity index (χ3v) is 4.68. The van der Waals surface area contributed by atoms with Gasteiger partial charge in [0.2, 0.25) is 0 Å². The van der Waals surface area contributed by atoms with Crippen molar-refractivity contribution in [2.24, 2.45) is 0 Å². The molecule has 2 aromatic rings. The van der Waals surface area contributed by atoms with E-state index < -0.39 is 0 Å². The van der Waals surface area contributed by atoms with Crippen LogP contribution in [0.15, 0.2) is 42.5 Å². The number of hydrogen-bond donors (Lipinski definition) is 2. The van der Waals surface area contributed by atoms with Crippen LogP contribution in [0, 0.1) is 0 Å². The highest BCUT2D eigenvalue weighted by Crippen LogP contribution is 2.31. The predicted molar refractivity (Wildman–Crippen MR) is 99.6 cm³/mol. The maximum Gasteiger partial charge on any atom is 0.283 e. The lowest BCUT2D eigenvalue weighted by molar-refractivity contribution is -0.429. The van der Waals surface area contributed by atoms with E-state index >= 15 is 0 Å². The molecule has 0 radical (unpaired) electrons. The van der Waals surface area contributed by atoms with Gasteiger partial charge in [0.1, 0.15) is 13.1 Å². The second-order valence-electron chi connectivity index (χ2n) is 7.04. The molecule has 24 heavy (non-hydrogen) atoms. The van der Waals surface area contributed by atoms with E-state index in [0.717, 1.165) is 24.6 Å². The highest BCUT2D eigenvalue weighted by molar-refractivity contribution is 5.99. The number of amidine groups is 1. The summed E-state index contributed by atoms with van der Waals surface area (Å²) in [5.74, 6) is 2.33. The molecule has 0 saturated heterocycles. The number of benzene rings is 2. The smallest absolute Gasteiger partial charge is 0.283 e. The zero-order chi connectivity index (χ0) is 17.3. The number of hydrogen-bond acceptors (Lipinski definition) is 2. The molecule has 0 aliphatic carbocycles. The zero-order valence-corrected chi connectivity index (χ0v) is 15.0. The van der Waals surface area contributed by atoms with E-state index in [2.05, 4.69) is 55.8 Å². The van der Waals surface area contributed by atoms with Crippen molar-refractivity contribution in [3.63, 3.8) is 0 Å². The Morgan fingerprint density at radius 1 is 0.917 bits per heavy atom. The first kappa shape index (κ1) is 16.6. The zero-order valence-electron chi connectivity index (χ0n) is 15.0. The fraction of sp³-hybridized carbons (Fsp3) is 0.381. The van der Waals surface area contributed by atoms with Gasteiger partial charge in [-0.2, -0.15) is 0 Å². The fourth-order valence-corrected chi connectivity index (χ4v) is 3.47. The predicted octanol–water partition coefficient (Wildman–Crippen LogP) is 4.33. The summed E-state index contributed by atoms with van der Waals surface area (Å²) in [5, 5.41) is 13.9. The Kier molecular flexibility index (Phi) is 4.61. The molecule has 0 spiro atoms. The van der Waals surface area contributed by atoms with Gasteiger partial charge in [0.25, 0.3) is 5.84 Å². The number of rotatable bonds is 4. The van der Waals surface area contributed by atoms with Crippen LogP contribution in [0.2, 0.25) is 0 Å². The van der Waals surface area contributed by atoms with Gasteiger partial charge >= 0.3 is 0 Å². The van der Waals surface area contributed by atoms with Gasteiger partial charge in [-0.3, -0.25) is 5.32 Å². The van der Waals surface area contributed by atoms with Gasteiger partial charge < -0.3 is 5.11 Å². The molecule has 126 valence electrons. The summed E-state index contributed by atoms with van der Waals surface area (Å²) in [4.78, 5) is 0. The SMILES string of the molecule is CC(C)c1cccc(C(C)C)c1C1=[N+](c2ccccc2O)CCN1. The van der Waals surface area contributed by atoms with E-state index in [1.54, 1.807) is 6.07 Å².